The van der Waals surface area contributed by atoms with Gasteiger partial charge in [0.1, 0.15) is 0 Å². The van der Waals surface area contributed by atoms with Crippen molar-refractivity contribution in [1.29, 1.82) is 0 Å². The van der Waals surface area contributed by atoms with Crippen LogP contribution < -0.4 is 0 Å². The van der Waals surface area contributed by atoms with Crippen molar-refractivity contribution in [3.63, 3.8) is 0 Å². The highest BCUT2D eigenvalue weighted by Gasteiger charge is 2.28. The molecule has 1 aliphatic rings. The lowest BCUT2D eigenvalue weighted by atomic mass is 9.97. The smallest absolute Gasteiger partial charge is 0.312 e. The Morgan fingerprint density at radius 2 is 2.05 bits per heavy atom. The minimum Gasteiger partial charge on any atom is -0.481 e. The number of carboxylic acids is 1. The molecule has 1 heterocycles. The second-order valence-corrected chi connectivity index (χ2v) is 5.97. The predicted octanol–water partition coefficient (Wildman–Crippen LogP) is 2.27. The Balaban J connectivity index is 2.13. The first-order valence-electron chi connectivity index (χ1n) is 7.82. The topological polar surface area (TPSA) is 43.8 Å². The first-order chi connectivity index (χ1) is 10.1. The lowest BCUT2D eigenvalue weighted by Crippen LogP contribution is -2.43. The second kappa shape index (κ2) is 7.57. The molecule has 4 heteroatoms. The lowest BCUT2D eigenvalue weighted by molar-refractivity contribution is -0.139. The van der Waals surface area contributed by atoms with E-state index in [2.05, 4.69) is 23.8 Å². The number of carboxylic acid groups (broad SMARTS) is 1. The minimum absolute atomic E-state index is 0.441. The Morgan fingerprint density at radius 1 is 1.33 bits per heavy atom. The number of benzene rings is 1. The van der Waals surface area contributed by atoms with Gasteiger partial charge >= 0.3 is 5.97 Å². The van der Waals surface area contributed by atoms with Crippen LogP contribution >= 0.6 is 0 Å². The summed E-state index contributed by atoms with van der Waals surface area (Å²) >= 11 is 0. The molecule has 0 saturated carbocycles. The molecule has 1 N–H and O–H groups in total. The van der Waals surface area contributed by atoms with Gasteiger partial charge in [-0.1, -0.05) is 37.3 Å². The van der Waals surface area contributed by atoms with Crippen molar-refractivity contribution < 1.29 is 9.90 Å². The monoisotopic (exact) mass is 290 g/mol. The van der Waals surface area contributed by atoms with Gasteiger partial charge in [-0.25, -0.2) is 0 Å². The summed E-state index contributed by atoms with van der Waals surface area (Å²) in [4.78, 5) is 16.4. The van der Waals surface area contributed by atoms with Crippen molar-refractivity contribution >= 4 is 5.97 Å². The Labute approximate surface area is 127 Å². The van der Waals surface area contributed by atoms with E-state index < -0.39 is 11.9 Å². The SMILES string of the molecule is CCC1CN(C)CCCN1CC(C(=O)O)c1ccccc1. The zero-order valence-corrected chi connectivity index (χ0v) is 13.0. The van der Waals surface area contributed by atoms with Gasteiger partial charge in [-0.3, -0.25) is 9.69 Å². The molecule has 0 aromatic heterocycles. The van der Waals surface area contributed by atoms with Crippen molar-refractivity contribution in [3.8, 4) is 0 Å². The molecule has 0 radical (unpaired) electrons. The molecule has 0 amide bonds. The number of hydrogen-bond acceptors (Lipinski definition) is 3. The molecule has 1 aromatic rings. The quantitative estimate of drug-likeness (QED) is 0.903. The van der Waals surface area contributed by atoms with Gasteiger partial charge in [0.25, 0.3) is 0 Å². The zero-order chi connectivity index (χ0) is 15.2. The highest BCUT2D eigenvalue weighted by molar-refractivity contribution is 5.76. The third-order valence-electron chi connectivity index (χ3n) is 4.41. The van der Waals surface area contributed by atoms with Crippen LogP contribution in [-0.4, -0.2) is 60.1 Å². The van der Waals surface area contributed by atoms with E-state index >= 15 is 0 Å². The van der Waals surface area contributed by atoms with Crippen LogP contribution in [0.5, 0.6) is 0 Å². The Kier molecular flexibility index (Phi) is 5.76. The van der Waals surface area contributed by atoms with Crippen molar-refractivity contribution in [2.24, 2.45) is 0 Å². The van der Waals surface area contributed by atoms with Gasteiger partial charge in [0.05, 0.1) is 5.92 Å². The van der Waals surface area contributed by atoms with Gasteiger partial charge in [-0.15, -0.1) is 0 Å². The van der Waals surface area contributed by atoms with Gasteiger partial charge in [0.15, 0.2) is 0 Å². The van der Waals surface area contributed by atoms with Crippen LogP contribution in [0.4, 0.5) is 0 Å². The van der Waals surface area contributed by atoms with Crippen LogP contribution in [0.25, 0.3) is 0 Å². The molecule has 1 saturated heterocycles. The zero-order valence-electron chi connectivity index (χ0n) is 13.0. The second-order valence-electron chi connectivity index (χ2n) is 5.97. The number of likely N-dealkylation sites (N-methyl/N-ethyl adjacent to an activating group) is 1. The van der Waals surface area contributed by atoms with E-state index in [0.29, 0.717) is 12.6 Å². The fourth-order valence-electron chi connectivity index (χ4n) is 3.17. The summed E-state index contributed by atoms with van der Waals surface area (Å²) in [7, 11) is 2.15. The number of aliphatic carboxylic acids is 1. The van der Waals surface area contributed by atoms with Crippen LogP contribution in [0.2, 0.25) is 0 Å². The molecule has 2 unspecified atom stereocenters. The summed E-state index contributed by atoms with van der Waals surface area (Å²) in [5.41, 5.74) is 0.900. The van der Waals surface area contributed by atoms with Crippen molar-refractivity contribution in [3.05, 3.63) is 35.9 Å². The van der Waals surface area contributed by atoms with Gasteiger partial charge in [0.2, 0.25) is 0 Å². The van der Waals surface area contributed by atoms with E-state index in [1.54, 1.807) is 0 Å². The van der Waals surface area contributed by atoms with Crippen molar-refractivity contribution in [2.45, 2.75) is 31.7 Å². The maximum absolute atomic E-state index is 11.7. The predicted molar refractivity (Wildman–Crippen MR) is 84.6 cm³/mol. The molecule has 2 rings (SSSR count). The first-order valence-corrected chi connectivity index (χ1v) is 7.82. The first kappa shape index (κ1) is 16.0. The average molecular weight is 290 g/mol. The summed E-state index contributed by atoms with van der Waals surface area (Å²) < 4.78 is 0. The molecule has 1 fully saturated rings. The molecule has 1 aliphatic heterocycles. The highest BCUT2D eigenvalue weighted by Crippen LogP contribution is 2.21. The molecule has 116 valence electrons. The van der Waals surface area contributed by atoms with Crippen LogP contribution in [0.3, 0.4) is 0 Å². The highest BCUT2D eigenvalue weighted by atomic mass is 16.4. The summed E-state index contributed by atoms with van der Waals surface area (Å²) in [6.07, 6.45) is 2.17. The number of nitrogens with zero attached hydrogens (tertiary/aromatic N) is 2. The summed E-state index contributed by atoms with van der Waals surface area (Å²) in [5, 5.41) is 9.60. The van der Waals surface area contributed by atoms with E-state index in [9.17, 15) is 9.90 Å². The van der Waals surface area contributed by atoms with Gasteiger partial charge in [-0.2, -0.15) is 0 Å². The Hall–Kier alpha value is -1.39. The van der Waals surface area contributed by atoms with Crippen LogP contribution in [0.15, 0.2) is 30.3 Å². The number of carbonyl (C=O) groups is 1. The molecular weight excluding hydrogens is 264 g/mol. The van der Waals surface area contributed by atoms with Gasteiger partial charge < -0.3 is 10.0 Å². The molecule has 21 heavy (non-hydrogen) atoms. The molecule has 0 spiro atoms. The molecule has 2 atom stereocenters. The minimum atomic E-state index is -0.728. The normalized spacial score (nSPS) is 22.7. The Bertz CT molecular complexity index is 449. The molecule has 0 bridgehead atoms. The molecular formula is C17H26N2O2. The summed E-state index contributed by atoms with van der Waals surface area (Å²) in [5.74, 6) is -1.17. The van der Waals surface area contributed by atoms with Crippen molar-refractivity contribution in [2.75, 3.05) is 33.2 Å². The summed E-state index contributed by atoms with van der Waals surface area (Å²) in [6.45, 7) is 5.90. The maximum Gasteiger partial charge on any atom is 0.312 e. The fraction of sp³-hybridized carbons (Fsp3) is 0.588. The fourth-order valence-corrected chi connectivity index (χ4v) is 3.17. The van der Waals surface area contributed by atoms with E-state index in [1.165, 1.54) is 0 Å². The molecule has 4 nitrogen and oxygen atoms in total. The largest absolute Gasteiger partial charge is 0.481 e. The van der Waals surface area contributed by atoms with Crippen LogP contribution in [0, 0.1) is 0 Å². The maximum atomic E-state index is 11.7. The average Bonchev–Trinajstić information content (AvgIpc) is 2.66. The lowest BCUT2D eigenvalue weighted by Gasteiger charge is -2.32. The van der Waals surface area contributed by atoms with Crippen LogP contribution in [-0.2, 0) is 4.79 Å². The Morgan fingerprint density at radius 3 is 2.67 bits per heavy atom. The molecule has 1 aromatic carbocycles. The van der Waals surface area contributed by atoms with Crippen LogP contribution in [0.1, 0.15) is 31.2 Å². The van der Waals surface area contributed by atoms with Crippen molar-refractivity contribution in [1.82, 2.24) is 9.80 Å². The van der Waals surface area contributed by atoms with E-state index in [1.807, 2.05) is 30.3 Å². The molecule has 0 aliphatic carbocycles. The van der Waals surface area contributed by atoms with Gasteiger partial charge in [-0.05, 0) is 38.5 Å². The standard InChI is InChI=1S/C17H26N2O2/c1-3-15-12-18(2)10-7-11-19(15)13-16(17(20)21)14-8-5-4-6-9-14/h4-6,8-9,15-16H,3,7,10-13H2,1-2H3,(H,20,21). The van der Waals surface area contributed by atoms with Gasteiger partial charge in [0, 0.05) is 19.1 Å². The number of hydrogen-bond donors (Lipinski definition) is 1. The summed E-state index contributed by atoms with van der Waals surface area (Å²) in [6, 6.07) is 10.0. The van der Waals surface area contributed by atoms with E-state index in [-0.39, 0.29) is 0 Å². The third-order valence-corrected chi connectivity index (χ3v) is 4.41. The third kappa shape index (κ3) is 4.29. The number of rotatable bonds is 5. The van der Waals surface area contributed by atoms with E-state index in [0.717, 1.165) is 38.0 Å². The van der Waals surface area contributed by atoms with E-state index in [4.69, 9.17) is 0 Å².